The standard InChI is InChI=1S/C9H17NS/c1-4-5-8(2)9(10)6-7-11-3/h4-5,9H,2,6-7,10H2,1,3H3/b5-4+/t9-/m0/s1. The lowest BCUT2D eigenvalue weighted by molar-refractivity contribution is 0.765. The zero-order valence-electron chi connectivity index (χ0n) is 7.34. The van der Waals surface area contributed by atoms with Crippen LogP contribution in [0, 0.1) is 0 Å². The average molecular weight is 171 g/mol. The molecule has 2 heteroatoms. The first-order chi connectivity index (χ1) is 5.22. The topological polar surface area (TPSA) is 26.0 Å². The third-order valence-electron chi connectivity index (χ3n) is 1.49. The van der Waals surface area contributed by atoms with Gasteiger partial charge in [-0.3, -0.25) is 0 Å². The van der Waals surface area contributed by atoms with Gasteiger partial charge in [-0.25, -0.2) is 0 Å². The van der Waals surface area contributed by atoms with Crippen LogP contribution in [0.15, 0.2) is 24.3 Å². The van der Waals surface area contributed by atoms with E-state index in [-0.39, 0.29) is 6.04 Å². The fourth-order valence-electron chi connectivity index (χ4n) is 0.768. The Kier molecular flexibility index (Phi) is 6.37. The van der Waals surface area contributed by atoms with Crippen molar-refractivity contribution in [1.29, 1.82) is 0 Å². The fraction of sp³-hybridized carbons (Fsp3) is 0.556. The van der Waals surface area contributed by atoms with Gasteiger partial charge >= 0.3 is 0 Å². The summed E-state index contributed by atoms with van der Waals surface area (Å²) in [4.78, 5) is 0. The molecule has 0 aromatic carbocycles. The highest BCUT2D eigenvalue weighted by atomic mass is 32.2. The number of hydrogen-bond acceptors (Lipinski definition) is 2. The van der Waals surface area contributed by atoms with Crippen molar-refractivity contribution in [3.05, 3.63) is 24.3 Å². The van der Waals surface area contributed by atoms with E-state index in [0.717, 1.165) is 17.7 Å². The van der Waals surface area contributed by atoms with Gasteiger partial charge in [-0.1, -0.05) is 18.7 Å². The van der Waals surface area contributed by atoms with Crippen molar-refractivity contribution in [2.24, 2.45) is 5.73 Å². The Morgan fingerprint density at radius 3 is 2.82 bits per heavy atom. The molecule has 0 aromatic rings. The quantitative estimate of drug-likeness (QED) is 0.642. The van der Waals surface area contributed by atoms with Gasteiger partial charge in [0.25, 0.3) is 0 Å². The van der Waals surface area contributed by atoms with Crippen LogP contribution in [-0.4, -0.2) is 18.1 Å². The van der Waals surface area contributed by atoms with Crippen LogP contribution >= 0.6 is 11.8 Å². The number of rotatable bonds is 5. The molecule has 64 valence electrons. The van der Waals surface area contributed by atoms with Crippen molar-refractivity contribution in [1.82, 2.24) is 0 Å². The number of nitrogens with two attached hydrogens (primary N) is 1. The van der Waals surface area contributed by atoms with Gasteiger partial charge in [0.1, 0.15) is 0 Å². The number of allylic oxidation sites excluding steroid dienone is 1. The molecular weight excluding hydrogens is 154 g/mol. The Morgan fingerprint density at radius 2 is 2.36 bits per heavy atom. The van der Waals surface area contributed by atoms with Crippen LogP contribution in [0.5, 0.6) is 0 Å². The highest BCUT2D eigenvalue weighted by Crippen LogP contribution is 2.06. The highest BCUT2D eigenvalue weighted by Gasteiger charge is 2.02. The maximum absolute atomic E-state index is 5.83. The molecule has 0 amide bonds. The summed E-state index contributed by atoms with van der Waals surface area (Å²) in [6.45, 7) is 5.85. The molecule has 2 N–H and O–H groups in total. The van der Waals surface area contributed by atoms with E-state index in [1.54, 1.807) is 0 Å². The lowest BCUT2D eigenvalue weighted by atomic mass is 10.1. The van der Waals surface area contributed by atoms with Crippen LogP contribution in [0.2, 0.25) is 0 Å². The van der Waals surface area contributed by atoms with E-state index in [4.69, 9.17) is 5.73 Å². The highest BCUT2D eigenvalue weighted by molar-refractivity contribution is 7.98. The molecule has 0 saturated heterocycles. The van der Waals surface area contributed by atoms with Crippen LogP contribution in [0.4, 0.5) is 0 Å². The maximum Gasteiger partial charge on any atom is 0.0296 e. The molecule has 1 atom stereocenters. The average Bonchev–Trinajstić information content (AvgIpc) is 2.00. The minimum Gasteiger partial charge on any atom is -0.324 e. The molecular formula is C9H17NS. The first-order valence-electron chi connectivity index (χ1n) is 3.78. The van der Waals surface area contributed by atoms with E-state index < -0.39 is 0 Å². The first-order valence-corrected chi connectivity index (χ1v) is 5.17. The Labute approximate surface area is 73.7 Å². The summed E-state index contributed by atoms with van der Waals surface area (Å²) in [6.07, 6.45) is 7.06. The Balaban J connectivity index is 3.64. The van der Waals surface area contributed by atoms with Crippen molar-refractivity contribution in [3.63, 3.8) is 0 Å². The maximum atomic E-state index is 5.83. The van der Waals surface area contributed by atoms with Gasteiger partial charge < -0.3 is 5.73 Å². The van der Waals surface area contributed by atoms with Crippen LogP contribution in [0.1, 0.15) is 13.3 Å². The van der Waals surface area contributed by atoms with Crippen LogP contribution in [0.3, 0.4) is 0 Å². The molecule has 0 saturated carbocycles. The zero-order valence-corrected chi connectivity index (χ0v) is 8.16. The van der Waals surface area contributed by atoms with Gasteiger partial charge in [-0.05, 0) is 30.9 Å². The lowest BCUT2D eigenvalue weighted by Gasteiger charge is -2.09. The molecule has 0 heterocycles. The molecule has 0 aliphatic carbocycles. The van der Waals surface area contributed by atoms with Gasteiger partial charge in [0, 0.05) is 6.04 Å². The Morgan fingerprint density at radius 1 is 1.73 bits per heavy atom. The van der Waals surface area contributed by atoms with Crippen molar-refractivity contribution >= 4 is 11.8 Å². The van der Waals surface area contributed by atoms with Crippen LogP contribution < -0.4 is 5.73 Å². The van der Waals surface area contributed by atoms with E-state index in [1.165, 1.54) is 0 Å². The monoisotopic (exact) mass is 171 g/mol. The molecule has 0 rings (SSSR count). The molecule has 0 unspecified atom stereocenters. The summed E-state index contributed by atoms with van der Waals surface area (Å²) in [5.74, 6) is 1.11. The van der Waals surface area contributed by atoms with Gasteiger partial charge in [-0.15, -0.1) is 0 Å². The van der Waals surface area contributed by atoms with E-state index in [9.17, 15) is 0 Å². The number of hydrogen-bond donors (Lipinski definition) is 1. The molecule has 1 nitrogen and oxygen atoms in total. The van der Waals surface area contributed by atoms with Crippen LogP contribution in [-0.2, 0) is 0 Å². The molecule has 0 aliphatic rings. The molecule has 11 heavy (non-hydrogen) atoms. The number of thioether (sulfide) groups is 1. The van der Waals surface area contributed by atoms with Gasteiger partial charge in [-0.2, -0.15) is 11.8 Å². The van der Waals surface area contributed by atoms with E-state index in [0.29, 0.717) is 0 Å². The third kappa shape index (κ3) is 5.10. The molecule has 0 aromatic heterocycles. The third-order valence-corrected chi connectivity index (χ3v) is 2.13. The Bertz CT molecular complexity index is 140. The van der Waals surface area contributed by atoms with Gasteiger partial charge in [0.15, 0.2) is 0 Å². The minimum atomic E-state index is 0.138. The smallest absolute Gasteiger partial charge is 0.0296 e. The van der Waals surface area contributed by atoms with Gasteiger partial charge in [0.2, 0.25) is 0 Å². The molecule has 0 radical (unpaired) electrons. The van der Waals surface area contributed by atoms with Gasteiger partial charge in [0.05, 0.1) is 0 Å². The van der Waals surface area contributed by atoms with E-state index in [1.807, 2.05) is 30.8 Å². The Hall–Kier alpha value is -0.210. The summed E-state index contributed by atoms with van der Waals surface area (Å²) < 4.78 is 0. The summed E-state index contributed by atoms with van der Waals surface area (Å²) in [7, 11) is 0. The molecule has 0 spiro atoms. The van der Waals surface area contributed by atoms with E-state index in [2.05, 4.69) is 12.8 Å². The second-order valence-electron chi connectivity index (χ2n) is 2.46. The molecule has 0 bridgehead atoms. The minimum absolute atomic E-state index is 0.138. The van der Waals surface area contributed by atoms with Crippen molar-refractivity contribution in [3.8, 4) is 0 Å². The summed E-state index contributed by atoms with van der Waals surface area (Å²) in [6, 6.07) is 0.138. The molecule has 0 fully saturated rings. The van der Waals surface area contributed by atoms with E-state index >= 15 is 0 Å². The summed E-state index contributed by atoms with van der Waals surface area (Å²) in [5.41, 5.74) is 6.85. The van der Waals surface area contributed by atoms with Crippen molar-refractivity contribution < 1.29 is 0 Å². The normalized spacial score (nSPS) is 13.7. The fourth-order valence-corrected chi connectivity index (χ4v) is 1.26. The summed E-state index contributed by atoms with van der Waals surface area (Å²) in [5, 5.41) is 0. The largest absolute Gasteiger partial charge is 0.324 e. The van der Waals surface area contributed by atoms with Crippen molar-refractivity contribution in [2.75, 3.05) is 12.0 Å². The van der Waals surface area contributed by atoms with Crippen molar-refractivity contribution in [2.45, 2.75) is 19.4 Å². The van der Waals surface area contributed by atoms with Crippen LogP contribution in [0.25, 0.3) is 0 Å². The SMILES string of the molecule is C=C(/C=C/C)[C@@H](N)CCSC. The molecule has 0 aliphatic heterocycles. The first kappa shape index (κ1) is 10.8. The zero-order chi connectivity index (χ0) is 8.69. The predicted molar refractivity (Wildman–Crippen MR) is 54.9 cm³/mol. The lowest BCUT2D eigenvalue weighted by Crippen LogP contribution is -2.21. The second kappa shape index (κ2) is 6.50. The second-order valence-corrected chi connectivity index (χ2v) is 3.45. The summed E-state index contributed by atoms with van der Waals surface area (Å²) >= 11 is 1.82. The predicted octanol–water partition coefficient (Wildman–Crippen LogP) is 2.20.